The van der Waals surface area contributed by atoms with Gasteiger partial charge in [0.05, 0.1) is 25.3 Å². The van der Waals surface area contributed by atoms with Crippen LogP contribution in [-0.2, 0) is 0 Å². The Hall–Kier alpha value is -3.57. The summed E-state index contributed by atoms with van der Waals surface area (Å²) in [7, 11) is 3.01. The van der Waals surface area contributed by atoms with Crippen LogP contribution in [0.4, 0.5) is 0 Å². The normalized spacial score (nSPS) is 8.67. The lowest BCUT2D eigenvalue weighted by Gasteiger charge is -2.02. The molecule has 0 spiro atoms. The van der Waals surface area contributed by atoms with E-state index in [1.807, 2.05) is 18.2 Å². The van der Waals surface area contributed by atoms with Crippen LogP contribution < -0.4 is 9.47 Å². The highest BCUT2D eigenvalue weighted by Gasteiger charge is 2.02. The third kappa shape index (κ3) is 4.72. The number of nitrogens with zero attached hydrogens (tertiary/aromatic N) is 2. The van der Waals surface area contributed by atoms with Crippen LogP contribution in [0.5, 0.6) is 11.5 Å². The number of ether oxygens (including phenoxy) is 2. The Morgan fingerprint density at radius 1 is 0.917 bits per heavy atom. The minimum absolute atomic E-state index is 0.433. The second-order valence-corrected chi connectivity index (χ2v) is 4.47. The smallest absolute Gasteiger partial charge is 0.150 e. The van der Waals surface area contributed by atoms with E-state index in [0.29, 0.717) is 34.5 Å². The lowest BCUT2D eigenvalue weighted by Crippen LogP contribution is -1.89. The number of carbonyl (C=O) groups excluding carboxylic acids is 1. The fraction of sp³-hybridized carbons (Fsp3) is 0.105. The Morgan fingerprint density at radius 3 is 1.75 bits per heavy atom. The Balaban J connectivity index is 0.000000240. The zero-order valence-electron chi connectivity index (χ0n) is 13.4. The molecule has 5 nitrogen and oxygen atoms in total. The van der Waals surface area contributed by atoms with Crippen LogP contribution in [0, 0.1) is 22.7 Å². The maximum Gasteiger partial charge on any atom is 0.150 e. The number of carbonyl (C=O) groups is 1. The van der Waals surface area contributed by atoms with E-state index in [1.165, 1.54) is 13.2 Å². The van der Waals surface area contributed by atoms with Gasteiger partial charge in [0.15, 0.2) is 0 Å². The maximum absolute atomic E-state index is 10.3. The van der Waals surface area contributed by atoms with Gasteiger partial charge in [0.1, 0.15) is 29.9 Å². The minimum atomic E-state index is 0.433. The SMILES string of the molecule is C=Cc1ccc(C#N)c(OC)c1.COc1cc(C=O)ccc1C#N. The first kappa shape index (κ1) is 18.5. The van der Waals surface area contributed by atoms with Crippen molar-refractivity contribution in [1.82, 2.24) is 0 Å². The van der Waals surface area contributed by atoms with E-state index in [1.54, 1.807) is 37.5 Å². The number of benzene rings is 2. The fourth-order valence-corrected chi connectivity index (χ4v) is 1.80. The van der Waals surface area contributed by atoms with Crippen molar-refractivity contribution in [2.75, 3.05) is 14.2 Å². The highest BCUT2D eigenvalue weighted by Crippen LogP contribution is 2.19. The summed E-state index contributed by atoms with van der Waals surface area (Å²) < 4.78 is 9.91. The van der Waals surface area contributed by atoms with Crippen LogP contribution >= 0.6 is 0 Å². The topological polar surface area (TPSA) is 83.1 Å². The lowest BCUT2D eigenvalue weighted by atomic mass is 10.1. The molecular weight excluding hydrogens is 304 g/mol. The van der Waals surface area contributed by atoms with Gasteiger partial charge in [0.25, 0.3) is 0 Å². The Kier molecular flexibility index (Phi) is 7.27. The molecule has 2 rings (SSSR count). The maximum atomic E-state index is 10.3. The average Bonchev–Trinajstić information content (AvgIpc) is 2.67. The lowest BCUT2D eigenvalue weighted by molar-refractivity contribution is 0.112. The van der Waals surface area contributed by atoms with Crippen LogP contribution in [0.15, 0.2) is 43.0 Å². The van der Waals surface area contributed by atoms with Gasteiger partial charge in [-0.2, -0.15) is 10.5 Å². The van der Waals surface area contributed by atoms with Gasteiger partial charge in [-0.1, -0.05) is 24.8 Å². The molecule has 0 aliphatic rings. The second kappa shape index (κ2) is 9.45. The van der Waals surface area contributed by atoms with Gasteiger partial charge in [0.2, 0.25) is 0 Å². The average molecular weight is 320 g/mol. The first-order chi connectivity index (χ1) is 11.6. The minimum Gasteiger partial charge on any atom is -0.495 e. The van der Waals surface area contributed by atoms with Crippen molar-refractivity contribution in [2.24, 2.45) is 0 Å². The number of nitriles is 2. The molecule has 0 radical (unpaired) electrons. The monoisotopic (exact) mass is 320 g/mol. The number of hydrogen-bond donors (Lipinski definition) is 0. The van der Waals surface area contributed by atoms with Crippen molar-refractivity contribution in [1.29, 1.82) is 10.5 Å². The summed E-state index contributed by atoms with van der Waals surface area (Å²) in [4.78, 5) is 10.3. The Labute approximate surface area is 141 Å². The van der Waals surface area contributed by atoms with E-state index < -0.39 is 0 Å². The predicted octanol–water partition coefficient (Wildman–Crippen LogP) is 3.59. The van der Waals surface area contributed by atoms with Crippen LogP contribution in [0.1, 0.15) is 27.0 Å². The van der Waals surface area contributed by atoms with Crippen LogP contribution in [0.2, 0.25) is 0 Å². The molecule has 2 aromatic carbocycles. The first-order valence-corrected chi connectivity index (χ1v) is 6.87. The van der Waals surface area contributed by atoms with Gasteiger partial charge >= 0.3 is 0 Å². The van der Waals surface area contributed by atoms with Crippen LogP contribution in [-0.4, -0.2) is 20.5 Å². The summed E-state index contributed by atoms with van der Waals surface area (Å²) in [6, 6.07) is 14.0. The molecule has 120 valence electrons. The third-order valence-electron chi connectivity index (χ3n) is 3.06. The van der Waals surface area contributed by atoms with Crippen molar-refractivity contribution in [3.63, 3.8) is 0 Å². The number of rotatable bonds is 4. The molecule has 24 heavy (non-hydrogen) atoms. The Morgan fingerprint density at radius 2 is 1.38 bits per heavy atom. The van der Waals surface area contributed by atoms with Gasteiger partial charge in [-0.25, -0.2) is 0 Å². The highest BCUT2D eigenvalue weighted by atomic mass is 16.5. The molecule has 0 atom stereocenters. The summed E-state index contributed by atoms with van der Waals surface area (Å²) >= 11 is 0. The van der Waals surface area contributed by atoms with Gasteiger partial charge in [-0.15, -0.1) is 0 Å². The molecule has 0 amide bonds. The molecule has 0 N–H and O–H groups in total. The van der Waals surface area contributed by atoms with Crippen molar-refractivity contribution in [3.05, 3.63) is 65.2 Å². The van der Waals surface area contributed by atoms with Gasteiger partial charge in [0, 0.05) is 5.56 Å². The molecule has 2 aromatic rings. The molecule has 0 fully saturated rings. The fourth-order valence-electron chi connectivity index (χ4n) is 1.80. The quantitative estimate of drug-likeness (QED) is 0.804. The number of aldehydes is 1. The van der Waals surface area contributed by atoms with Crippen molar-refractivity contribution >= 4 is 12.4 Å². The molecule has 0 aliphatic carbocycles. The third-order valence-corrected chi connectivity index (χ3v) is 3.06. The van der Waals surface area contributed by atoms with E-state index in [0.717, 1.165) is 5.56 Å². The van der Waals surface area contributed by atoms with Crippen molar-refractivity contribution in [3.8, 4) is 23.6 Å². The molecule has 0 heterocycles. The molecule has 0 bridgehead atoms. The second-order valence-electron chi connectivity index (χ2n) is 4.47. The molecule has 0 aromatic heterocycles. The summed E-state index contributed by atoms with van der Waals surface area (Å²) in [6.45, 7) is 3.62. The van der Waals surface area contributed by atoms with Crippen LogP contribution in [0.25, 0.3) is 6.08 Å². The number of methoxy groups -OCH3 is 2. The van der Waals surface area contributed by atoms with Gasteiger partial charge in [-0.05, 0) is 29.8 Å². The number of hydrogen-bond acceptors (Lipinski definition) is 5. The van der Waals surface area contributed by atoms with Gasteiger partial charge < -0.3 is 9.47 Å². The summed E-state index contributed by atoms with van der Waals surface area (Å²) in [6.07, 6.45) is 2.42. The summed E-state index contributed by atoms with van der Waals surface area (Å²) in [5.74, 6) is 1.03. The molecule has 0 unspecified atom stereocenters. The molecule has 0 aliphatic heterocycles. The molecule has 0 saturated heterocycles. The van der Waals surface area contributed by atoms with Crippen molar-refractivity contribution in [2.45, 2.75) is 0 Å². The molecule has 5 heteroatoms. The largest absolute Gasteiger partial charge is 0.495 e. The zero-order chi connectivity index (χ0) is 17.9. The van der Waals surface area contributed by atoms with Crippen molar-refractivity contribution < 1.29 is 14.3 Å². The summed E-state index contributed by atoms with van der Waals surface area (Å²) in [5.41, 5.74) is 2.43. The van der Waals surface area contributed by atoms with E-state index >= 15 is 0 Å². The van der Waals surface area contributed by atoms with E-state index in [9.17, 15) is 4.79 Å². The standard InChI is InChI=1S/C10H9NO.C9H7NO2/c1-3-8-4-5-9(7-11)10(6-8)12-2;1-12-9-4-7(6-11)2-3-8(9)5-10/h3-6H,1H2,2H3;2-4,6H,1H3. The van der Waals surface area contributed by atoms with Crippen LogP contribution in [0.3, 0.4) is 0 Å². The summed E-state index contributed by atoms with van der Waals surface area (Å²) in [5, 5.41) is 17.3. The highest BCUT2D eigenvalue weighted by molar-refractivity contribution is 5.76. The molecular formula is C19H16N2O3. The van der Waals surface area contributed by atoms with Gasteiger partial charge in [-0.3, -0.25) is 4.79 Å². The molecule has 0 saturated carbocycles. The van der Waals surface area contributed by atoms with E-state index in [4.69, 9.17) is 20.0 Å². The predicted molar refractivity (Wildman–Crippen MR) is 90.9 cm³/mol. The first-order valence-electron chi connectivity index (χ1n) is 6.87. The Bertz CT molecular complexity index is 745. The van der Waals surface area contributed by atoms with E-state index in [2.05, 4.69) is 6.58 Å². The van der Waals surface area contributed by atoms with E-state index in [-0.39, 0.29) is 0 Å². The zero-order valence-corrected chi connectivity index (χ0v) is 13.4.